The molecule has 0 aliphatic carbocycles. The van der Waals surface area contributed by atoms with Crippen LogP contribution < -0.4 is 5.32 Å². The molecule has 0 aliphatic rings. The number of furan rings is 1. The molecule has 0 aromatic carbocycles. The standard InChI is InChI=1S/C14H17NO3S/c16-10-12(13-6-2-8-18-13)15-14(17)7-1-4-11-5-3-9-19-11/h2-3,5-6,8-9,12,16H,1,4,7,10H2,(H,15,17). The van der Waals surface area contributed by atoms with Crippen molar-refractivity contribution in [3.63, 3.8) is 0 Å². The van der Waals surface area contributed by atoms with E-state index in [0.29, 0.717) is 12.2 Å². The highest BCUT2D eigenvalue weighted by molar-refractivity contribution is 7.09. The van der Waals surface area contributed by atoms with Crippen molar-refractivity contribution in [2.45, 2.75) is 25.3 Å². The lowest BCUT2D eigenvalue weighted by atomic mass is 10.2. The van der Waals surface area contributed by atoms with E-state index in [0.717, 1.165) is 12.8 Å². The first-order valence-electron chi connectivity index (χ1n) is 6.25. The van der Waals surface area contributed by atoms with Gasteiger partial charge in [0, 0.05) is 11.3 Å². The minimum atomic E-state index is -0.454. The first-order valence-corrected chi connectivity index (χ1v) is 7.13. The van der Waals surface area contributed by atoms with Crippen LogP contribution in [0.5, 0.6) is 0 Å². The molecule has 1 amide bonds. The van der Waals surface area contributed by atoms with Crippen LogP contribution in [0.15, 0.2) is 40.3 Å². The molecule has 2 heterocycles. The molecule has 0 aliphatic heterocycles. The van der Waals surface area contributed by atoms with Crippen molar-refractivity contribution in [1.82, 2.24) is 5.32 Å². The number of nitrogens with one attached hydrogen (secondary N) is 1. The molecule has 1 unspecified atom stereocenters. The maximum Gasteiger partial charge on any atom is 0.220 e. The molecular weight excluding hydrogens is 262 g/mol. The summed E-state index contributed by atoms with van der Waals surface area (Å²) in [6.45, 7) is -0.163. The highest BCUT2D eigenvalue weighted by Crippen LogP contribution is 2.14. The van der Waals surface area contributed by atoms with E-state index in [1.165, 1.54) is 11.1 Å². The van der Waals surface area contributed by atoms with Gasteiger partial charge in [-0.25, -0.2) is 0 Å². The van der Waals surface area contributed by atoms with Crippen molar-refractivity contribution < 1.29 is 14.3 Å². The summed E-state index contributed by atoms with van der Waals surface area (Å²) in [4.78, 5) is 13.1. The van der Waals surface area contributed by atoms with E-state index in [4.69, 9.17) is 4.42 Å². The molecule has 0 fully saturated rings. The number of aliphatic hydroxyl groups is 1. The van der Waals surface area contributed by atoms with Crippen LogP contribution >= 0.6 is 11.3 Å². The summed E-state index contributed by atoms with van der Waals surface area (Å²) in [5, 5.41) is 14.1. The highest BCUT2D eigenvalue weighted by atomic mass is 32.1. The molecular formula is C14H17NO3S. The highest BCUT2D eigenvalue weighted by Gasteiger charge is 2.15. The van der Waals surface area contributed by atoms with Gasteiger partial charge in [-0.3, -0.25) is 4.79 Å². The number of hydrogen-bond acceptors (Lipinski definition) is 4. The Hall–Kier alpha value is -1.59. The van der Waals surface area contributed by atoms with Crippen molar-refractivity contribution in [2.75, 3.05) is 6.61 Å². The quantitative estimate of drug-likeness (QED) is 0.818. The molecule has 0 spiro atoms. The Kier molecular flexibility index (Phi) is 5.18. The van der Waals surface area contributed by atoms with Crippen molar-refractivity contribution >= 4 is 17.2 Å². The van der Waals surface area contributed by atoms with E-state index < -0.39 is 6.04 Å². The molecule has 0 saturated carbocycles. The van der Waals surface area contributed by atoms with Crippen LogP contribution in [0.2, 0.25) is 0 Å². The van der Waals surface area contributed by atoms with Crippen LogP contribution in [-0.2, 0) is 11.2 Å². The Morgan fingerprint density at radius 2 is 2.32 bits per heavy atom. The van der Waals surface area contributed by atoms with Gasteiger partial charge in [0.2, 0.25) is 5.91 Å². The van der Waals surface area contributed by atoms with Crippen molar-refractivity contribution in [1.29, 1.82) is 0 Å². The second kappa shape index (κ2) is 7.11. The summed E-state index contributed by atoms with van der Waals surface area (Å²) >= 11 is 1.70. The smallest absolute Gasteiger partial charge is 0.220 e. The zero-order valence-corrected chi connectivity index (χ0v) is 11.4. The minimum Gasteiger partial charge on any atom is -0.467 e. The fourth-order valence-corrected chi connectivity index (χ4v) is 2.59. The van der Waals surface area contributed by atoms with E-state index in [2.05, 4.69) is 11.4 Å². The van der Waals surface area contributed by atoms with Gasteiger partial charge >= 0.3 is 0 Å². The number of aliphatic hydroxyl groups excluding tert-OH is 1. The number of hydrogen-bond donors (Lipinski definition) is 2. The number of carbonyl (C=O) groups excluding carboxylic acids is 1. The SMILES string of the molecule is O=C(CCCc1cccs1)NC(CO)c1ccco1. The lowest BCUT2D eigenvalue weighted by molar-refractivity contribution is -0.122. The number of thiophene rings is 1. The van der Waals surface area contributed by atoms with Crippen LogP contribution in [0.4, 0.5) is 0 Å². The number of amides is 1. The van der Waals surface area contributed by atoms with Crippen molar-refractivity contribution in [2.24, 2.45) is 0 Å². The Bertz CT molecular complexity index is 479. The third kappa shape index (κ3) is 4.22. The second-order valence-corrected chi connectivity index (χ2v) is 5.28. The van der Waals surface area contributed by atoms with E-state index in [9.17, 15) is 9.90 Å². The van der Waals surface area contributed by atoms with E-state index in [1.807, 2.05) is 11.4 Å². The van der Waals surface area contributed by atoms with Crippen LogP contribution in [0.25, 0.3) is 0 Å². The second-order valence-electron chi connectivity index (χ2n) is 4.25. The Labute approximate surface area is 116 Å². The molecule has 2 aromatic rings. The molecule has 19 heavy (non-hydrogen) atoms. The van der Waals surface area contributed by atoms with Gasteiger partial charge in [0.15, 0.2) is 0 Å². The van der Waals surface area contributed by atoms with Gasteiger partial charge in [0.05, 0.1) is 12.9 Å². The van der Waals surface area contributed by atoms with Gasteiger partial charge < -0.3 is 14.8 Å². The average molecular weight is 279 g/mol. The summed E-state index contributed by atoms with van der Waals surface area (Å²) in [5.41, 5.74) is 0. The molecule has 2 aromatic heterocycles. The maximum atomic E-state index is 11.8. The van der Waals surface area contributed by atoms with Crippen LogP contribution in [0.1, 0.15) is 29.5 Å². The molecule has 102 valence electrons. The van der Waals surface area contributed by atoms with Gasteiger partial charge in [-0.05, 0) is 36.4 Å². The van der Waals surface area contributed by atoms with Crippen molar-refractivity contribution in [3.8, 4) is 0 Å². The molecule has 2 N–H and O–H groups in total. The molecule has 2 rings (SSSR count). The normalized spacial score (nSPS) is 12.3. The lowest BCUT2D eigenvalue weighted by Crippen LogP contribution is -2.30. The van der Waals surface area contributed by atoms with Crippen LogP contribution in [-0.4, -0.2) is 17.6 Å². The Morgan fingerprint density at radius 1 is 1.42 bits per heavy atom. The maximum absolute atomic E-state index is 11.8. The van der Waals surface area contributed by atoms with Crippen LogP contribution in [0.3, 0.4) is 0 Å². The molecule has 5 heteroatoms. The van der Waals surface area contributed by atoms with Gasteiger partial charge in [0.1, 0.15) is 11.8 Å². The Balaban J connectivity index is 1.74. The van der Waals surface area contributed by atoms with E-state index in [1.54, 1.807) is 23.5 Å². The first kappa shape index (κ1) is 13.8. The van der Waals surface area contributed by atoms with Gasteiger partial charge in [0.25, 0.3) is 0 Å². The van der Waals surface area contributed by atoms with Gasteiger partial charge in [-0.15, -0.1) is 11.3 Å². The monoisotopic (exact) mass is 279 g/mol. The molecule has 4 nitrogen and oxygen atoms in total. The predicted octanol–water partition coefficient (Wildman–Crippen LogP) is 2.51. The average Bonchev–Trinajstić information content (AvgIpc) is 3.08. The number of aryl methyl sites for hydroxylation is 1. The third-order valence-electron chi connectivity index (χ3n) is 2.81. The summed E-state index contributed by atoms with van der Waals surface area (Å²) in [5.74, 6) is 0.515. The summed E-state index contributed by atoms with van der Waals surface area (Å²) in [7, 11) is 0. The molecule has 0 radical (unpaired) electrons. The summed E-state index contributed by atoms with van der Waals surface area (Å²) < 4.78 is 5.18. The molecule has 0 bridgehead atoms. The van der Waals surface area contributed by atoms with Crippen molar-refractivity contribution in [3.05, 3.63) is 46.5 Å². The number of carbonyl (C=O) groups is 1. The van der Waals surface area contributed by atoms with Gasteiger partial charge in [-0.1, -0.05) is 6.07 Å². The summed E-state index contributed by atoms with van der Waals surface area (Å²) in [6, 6.07) is 7.11. The number of rotatable bonds is 7. The summed E-state index contributed by atoms with van der Waals surface area (Å²) in [6.07, 6.45) is 3.70. The lowest BCUT2D eigenvalue weighted by Gasteiger charge is -2.13. The fraction of sp³-hybridized carbons (Fsp3) is 0.357. The zero-order valence-electron chi connectivity index (χ0n) is 10.5. The van der Waals surface area contributed by atoms with E-state index in [-0.39, 0.29) is 12.5 Å². The predicted molar refractivity (Wildman–Crippen MR) is 73.9 cm³/mol. The zero-order chi connectivity index (χ0) is 13.5. The first-order chi connectivity index (χ1) is 9.29. The molecule has 1 atom stereocenters. The molecule has 0 saturated heterocycles. The van der Waals surface area contributed by atoms with E-state index >= 15 is 0 Å². The largest absolute Gasteiger partial charge is 0.467 e. The third-order valence-corrected chi connectivity index (χ3v) is 3.75. The fourth-order valence-electron chi connectivity index (χ4n) is 1.84. The van der Waals surface area contributed by atoms with Gasteiger partial charge in [-0.2, -0.15) is 0 Å². The topological polar surface area (TPSA) is 62.5 Å². The van der Waals surface area contributed by atoms with Crippen LogP contribution in [0, 0.1) is 0 Å². The minimum absolute atomic E-state index is 0.0630. The Morgan fingerprint density at radius 3 is 2.95 bits per heavy atom.